The molecule has 0 aliphatic carbocycles. The third kappa shape index (κ3) is 2.51. The molecule has 1 fully saturated rings. The number of anilines is 1. The molecule has 82 valence electrons. The Morgan fingerprint density at radius 3 is 2.60 bits per heavy atom. The molecule has 0 atom stereocenters. The molecule has 0 amide bonds. The van der Waals surface area contributed by atoms with Crippen LogP contribution in [0.4, 0.5) is 5.69 Å². The highest BCUT2D eigenvalue weighted by Crippen LogP contribution is 2.22. The van der Waals surface area contributed by atoms with Crippen molar-refractivity contribution in [2.75, 3.05) is 31.2 Å². The molecule has 0 radical (unpaired) electrons. The summed E-state index contributed by atoms with van der Waals surface area (Å²) >= 11 is 0. The second kappa shape index (κ2) is 4.67. The van der Waals surface area contributed by atoms with E-state index in [1.165, 1.54) is 11.3 Å². The molecule has 0 bridgehead atoms. The van der Waals surface area contributed by atoms with Gasteiger partial charge in [0.25, 0.3) is 0 Å². The fourth-order valence-electron chi connectivity index (χ4n) is 1.90. The lowest BCUT2D eigenvalue weighted by atomic mass is 10.0. The first-order valence-corrected chi connectivity index (χ1v) is 5.70. The number of rotatable bonds is 2. The molecule has 2 heteroatoms. The predicted octanol–water partition coefficient (Wildman–Crippen LogP) is 2.65. The number of morpholine rings is 1. The molecule has 15 heavy (non-hydrogen) atoms. The summed E-state index contributed by atoms with van der Waals surface area (Å²) < 4.78 is 5.36. The second-order valence-electron chi connectivity index (χ2n) is 4.35. The Kier molecular flexibility index (Phi) is 3.27. The van der Waals surface area contributed by atoms with Gasteiger partial charge in [0.15, 0.2) is 0 Å². The molecule has 2 rings (SSSR count). The Balaban J connectivity index is 2.16. The Morgan fingerprint density at radius 1 is 1.20 bits per heavy atom. The lowest BCUT2D eigenvalue weighted by molar-refractivity contribution is 0.122. The van der Waals surface area contributed by atoms with Gasteiger partial charge in [0.1, 0.15) is 0 Å². The van der Waals surface area contributed by atoms with Crippen molar-refractivity contribution in [3.63, 3.8) is 0 Å². The molecule has 0 N–H and O–H groups in total. The summed E-state index contributed by atoms with van der Waals surface area (Å²) in [6.45, 7) is 8.21. The largest absolute Gasteiger partial charge is 0.378 e. The van der Waals surface area contributed by atoms with E-state index in [1.54, 1.807) is 0 Å². The normalized spacial score (nSPS) is 17.1. The fraction of sp³-hybridized carbons (Fsp3) is 0.538. The van der Waals surface area contributed by atoms with Gasteiger partial charge in [-0.3, -0.25) is 0 Å². The van der Waals surface area contributed by atoms with E-state index in [-0.39, 0.29) is 0 Å². The van der Waals surface area contributed by atoms with Crippen molar-refractivity contribution in [3.8, 4) is 0 Å². The first-order chi connectivity index (χ1) is 7.27. The maximum Gasteiger partial charge on any atom is 0.0642 e. The third-order valence-corrected chi connectivity index (χ3v) is 2.91. The average molecular weight is 205 g/mol. The van der Waals surface area contributed by atoms with E-state index in [0.717, 1.165) is 26.3 Å². The van der Waals surface area contributed by atoms with Crippen LogP contribution in [-0.2, 0) is 4.74 Å². The SMILES string of the molecule is CC(C)c1cccc(N2CCOCC2)c1. The molecule has 2 nitrogen and oxygen atoms in total. The van der Waals surface area contributed by atoms with Crippen molar-refractivity contribution in [1.29, 1.82) is 0 Å². The van der Waals surface area contributed by atoms with Crippen LogP contribution in [0.2, 0.25) is 0 Å². The van der Waals surface area contributed by atoms with Crippen LogP contribution in [0.3, 0.4) is 0 Å². The predicted molar refractivity (Wildman–Crippen MR) is 63.6 cm³/mol. The van der Waals surface area contributed by atoms with Crippen LogP contribution in [0.15, 0.2) is 24.3 Å². The van der Waals surface area contributed by atoms with Gasteiger partial charge < -0.3 is 9.64 Å². The summed E-state index contributed by atoms with van der Waals surface area (Å²) in [6, 6.07) is 8.85. The van der Waals surface area contributed by atoms with Gasteiger partial charge in [-0.05, 0) is 23.6 Å². The van der Waals surface area contributed by atoms with E-state index in [9.17, 15) is 0 Å². The molecule has 0 aromatic heterocycles. The molecule has 1 aromatic rings. The topological polar surface area (TPSA) is 12.5 Å². The molecular weight excluding hydrogens is 186 g/mol. The summed E-state index contributed by atoms with van der Waals surface area (Å²) in [5.41, 5.74) is 2.75. The van der Waals surface area contributed by atoms with E-state index in [1.807, 2.05) is 0 Å². The summed E-state index contributed by atoms with van der Waals surface area (Å²) in [4.78, 5) is 2.40. The molecule has 0 spiro atoms. The quantitative estimate of drug-likeness (QED) is 0.736. The maximum absolute atomic E-state index is 5.36. The second-order valence-corrected chi connectivity index (χ2v) is 4.35. The molecular formula is C13H19NO. The molecule has 0 saturated carbocycles. The van der Waals surface area contributed by atoms with Gasteiger partial charge in [-0.15, -0.1) is 0 Å². The molecule has 1 aliphatic rings. The van der Waals surface area contributed by atoms with Crippen LogP contribution in [0.5, 0.6) is 0 Å². The number of hydrogen-bond acceptors (Lipinski definition) is 2. The van der Waals surface area contributed by atoms with Crippen LogP contribution in [0, 0.1) is 0 Å². The van der Waals surface area contributed by atoms with Crippen LogP contribution in [-0.4, -0.2) is 26.3 Å². The van der Waals surface area contributed by atoms with Crippen molar-refractivity contribution in [3.05, 3.63) is 29.8 Å². The number of benzene rings is 1. The van der Waals surface area contributed by atoms with E-state index >= 15 is 0 Å². The Hall–Kier alpha value is -1.02. The Labute approximate surface area is 91.9 Å². The van der Waals surface area contributed by atoms with Gasteiger partial charge in [-0.1, -0.05) is 26.0 Å². The van der Waals surface area contributed by atoms with Crippen LogP contribution < -0.4 is 4.90 Å². The first-order valence-electron chi connectivity index (χ1n) is 5.70. The van der Waals surface area contributed by atoms with E-state index < -0.39 is 0 Å². The minimum Gasteiger partial charge on any atom is -0.378 e. The van der Waals surface area contributed by atoms with Crippen molar-refractivity contribution >= 4 is 5.69 Å². The third-order valence-electron chi connectivity index (χ3n) is 2.91. The number of hydrogen-bond donors (Lipinski definition) is 0. The number of ether oxygens (including phenoxy) is 1. The zero-order valence-electron chi connectivity index (χ0n) is 9.57. The van der Waals surface area contributed by atoms with Gasteiger partial charge in [0.05, 0.1) is 13.2 Å². The van der Waals surface area contributed by atoms with Crippen molar-refractivity contribution in [1.82, 2.24) is 0 Å². The lowest BCUT2D eigenvalue weighted by Gasteiger charge is -2.29. The van der Waals surface area contributed by atoms with Gasteiger partial charge in [0, 0.05) is 18.8 Å². The molecule has 1 saturated heterocycles. The summed E-state index contributed by atoms with van der Waals surface area (Å²) in [7, 11) is 0. The van der Waals surface area contributed by atoms with Gasteiger partial charge in [-0.25, -0.2) is 0 Å². The standard InChI is InChI=1S/C13H19NO/c1-11(2)12-4-3-5-13(10-12)14-6-8-15-9-7-14/h3-5,10-11H,6-9H2,1-2H3. The monoisotopic (exact) mass is 205 g/mol. The highest BCUT2D eigenvalue weighted by Gasteiger charge is 2.11. The van der Waals surface area contributed by atoms with Crippen LogP contribution >= 0.6 is 0 Å². The first kappa shape index (κ1) is 10.5. The van der Waals surface area contributed by atoms with Crippen molar-refractivity contribution in [2.45, 2.75) is 19.8 Å². The van der Waals surface area contributed by atoms with Gasteiger partial charge >= 0.3 is 0 Å². The molecule has 1 aromatic carbocycles. The number of nitrogens with zero attached hydrogens (tertiary/aromatic N) is 1. The highest BCUT2D eigenvalue weighted by atomic mass is 16.5. The minimum absolute atomic E-state index is 0.603. The molecule has 1 heterocycles. The zero-order chi connectivity index (χ0) is 10.7. The van der Waals surface area contributed by atoms with Gasteiger partial charge in [-0.2, -0.15) is 0 Å². The van der Waals surface area contributed by atoms with Crippen molar-refractivity contribution in [2.24, 2.45) is 0 Å². The van der Waals surface area contributed by atoms with E-state index in [4.69, 9.17) is 4.74 Å². The van der Waals surface area contributed by atoms with Crippen molar-refractivity contribution < 1.29 is 4.74 Å². The smallest absolute Gasteiger partial charge is 0.0642 e. The van der Waals surface area contributed by atoms with Gasteiger partial charge in [0.2, 0.25) is 0 Å². The van der Waals surface area contributed by atoms with E-state index in [2.05, 4.69) is 43.0 Å². The molecule has 0 unspecified atom stereocenters. The minimum atomic E-state index is 0.603. The average Bonchev–Trinajstić information content (AvgIpc) is 2.30. The lowest BCUT2D eigenvalue weighted by Crippen LogP contribution is -2.36. The molecule has 1 aliphatic heterocycles. The highest BCUT2D eigenvalue weighted by molar-refractivity contribution is 5.49. The Bertz CT molecular complexity index is 316. The zero-order valence-corrected chi connectivity index (χ0v) is 9.57. The fourth-order valence-corrected chi connectivity index (χ4v) is 1.90. The van der Waals surface area contributed by atoms with Crippen LogP contribution in [0.1, 0.15) is 25.3 Å². The summed E-state index contributed by atoms with van der Waals surface area (Å²) in [6.07, 6.45) is 0. The maximum atomic E-state index is 5.36. The summed E-state index contributed by atoms with van der Waals surface area (Å²) in [5, 5.41) is 0. The Morgan fingerprint density at radius 2 is 1.93 bits per heavy atom. The van der Waals surface area contributed by atoms with Crippen LogP contribution in [0.25, 0.3) is 0 Å². The summed E-state index contributed by atoms with van der Waals surface area (Å²) in [5.74, 6) is 0.603. The van der Waals surface area contributed by atoms with E-state index in [0.29, 0.717) is 5.92 Å².